The summed E-state index contributed by atoms with van der Waals surface area (Å²) in [6.45, 7) is 4.94. The summed E-state index contributed by atoms with van der Waals surface area (Å²) in [6, 6.07) is 19.1. The molecule has 0 unspecified atom stereocenters. The lowest BCUT2D eigenvalue weighted by molar-refractivity contribution is -0.139. The standard InChI is InChI=1S/C27H29FN2O3/c1-21(2)17-29(26(31)15-12-22-7-4-3-5-8-22)20-27(32)30(19-25-9-6-16-33-25)18-23-10-13-24(28)14-11-23/h3-16,21H,17-20H2,1-2H3/b15-12+. The zero-order valence-electron chi connectivity index (χ0n) is 19.0. The summed E-state index contributed by atoms with van der Waals surface area (Å²) in [5, 5.41) is 0. The van der Waals surface area contributed by atoms with Gasteiger partial charge in [-0.1, -0.05) is 56.3 Å². The minimum Gasteiger partial charge on any atom is -0.467 e. The molecule has 1 heterocycles. The monoisotopic (exact) mass is 448 g/mol. The van der Waals surface area contributed by atoms with Gasteiger partial charge in [-0.3, -0.25) is 9.59 Å². The molecule has 0 aliphatic rings. The van der Waals surface area contributed by atoms with E-state index in [1.165, 1.54) is 18.2 Å². The maximum absolute atomic E-state index is 13.3. The SMILES string of the molecule is CC(C)CN(CC(=O)N(Cc1ccc(F)cc1)Cc1ccco1)C(=O)/C=C/c1ccccc1. The van der Waals surface area contributed by atoms with Crippen LogP contribution in [0.1, 0.15) is 30.7 Å². The van der Waals surface area contributed by atoms with E-state index in [0.717, 1.165) is 11.1 Å². The van der Waals surface area contributed by atoms with Crippen molar-refractivity contribution in [1.29, 1.82) is 0 Å². The van der Waals surface area contributed by atoms with Gasteiger partial charge in [-0.05, 0) is 47.4 Å². The van der Waals surface area contributed by atoms with Crippen LogP contribution in [0, 0.1) is 11.7 Å². The first-order valence-corrected chi connectivity index (χ1v) is 11.0. The summed E-state index contributed by atoms with van der Waals surface area (Å²) in [5.74, 6) is 0.0682. The van der Waals surface area contributed by atoms with Gasteiger partial charge in [-0.25, -0.2) is 4.39 Å². The Labute approximate surface area is 194 Å². The predicted octanol–water partition coefficient (Wildman–Crippen LogP) is 5.15. The van der Waals surface area contributed by atoms with Crippen LogP contribution in [0.4, 0.5) is 4.39 Å². The van der Waals surface area contributed by atoms with Gasteiger partial charge in [0.25, 0.3) is 0 Å². The quantitative estimate of drug-likeness (QED) is 0.403. The lowest BCUT2D eigenvalue weighted by Crippen LogP contribution is -2.43. The van der Waals surface area contributed by atoms with Gasteiger partial charge in [-0.15, -0.1) is 0 Å². The maximum atomic E-state index is 13.3. The zero-order chi connectivity index (χ0) is 23.6. The molecule has 0 atom stereocenters. The lowest BCUT2D eigenvalue weighted by Gasteiger charge is -2.28. The summed E-state index contributed by atoms with van der Waals surface area (Å²) in [6.07, 6.45) is 4.81. The Morgan fingerprint density at radius 3 is 2.30 bits per heavy atom. The molecule has 0 saturated heterocycles. The zero-order valence-corrected chi connectivity index (χ0v) is 19.0. The molecule has 3 aromatic rings. The first kappa shape index (κ1) is 24.0. The minimum absolute atomic E-state index is 0.0575. The molecular weight excluding hydrogens is 419 g/mol. The Bertz CT molecular complexity index is 1040. The second-order valence-corrected chi connectivity index (χ2v) is 8.31. The second-order valence-electron chi connectivity index (χ2n) is 8.31. The molecule has 0 radical (unpaired) electrons. The number of carbonyl (C=O) groups excluding carboxylic acids is 2. The minimum atomic E-state index is -0.332. The van der Waals surface area contributed by atoms with Crippen LogP contribution < -0.4 is 0 Å². The summed E-state index contributed by atoms with van der Waals surface area (Å²) < 4.78 is 18.7. The number of benzene rings is 2. The largest absolute Gasteiger partial charge is 0.467 e. The second kappa shape index (κ2) is 11.8. The fraction of sp³-hybridized carbons (Fsp3) is 0.259. The average Bonchev–Trinajstić information content (AvgIpc) is 3.31. The molecule has 0 spiro atoms. The predicted molar refractivity (Wildman–Crippen MR) is 126 cm³/mol. The molecular formula is C27H29FN2O3. The highest BCUT2D eigenvalue weighted by atomic mass is 19.1. The third-order valence-corrected chi connectivity index (χ3v) is 5.01. The van der Waals surface area contributed by atoms with E-state index in [-0.39, 0.29) is 43.2 Å². The molecule has 0 fully saturated rings. The molecule has 6 heteroatoms. The molecule has 0 N–H and O–H groups in total. The summed E-state index contributed by atoms with van der Waals surface area (Å²) in [5.41, 5.74) is 1.71. The van der Waals surface area contributed by atoms with Crippen LogP contribution in [0.5, 0.6) is 0 Å². The Morgan fingerprint density at radius 2 is 1.67 bits per heavy atom. The van der Waals surface area contributed by atoms with Crippen LogP contribution in [-0.2, 0) is 22.7 Å². The smallest absolute Gasteiger partial charge is 0.247 e. The molecule has 172 valence electrons. The molecule has 0 saturated carbocycles. The average molecular weight is 449 g/mol. The van der Waals surface area contributed by atoms with Gasteiger partial charge in [-0.2, -0.15) is 0 Å². The lowest BCUT2D eigenvalue weighted by atomic mass is 10.1. The van der Waals surface area contributed by atoms with Crippen LogP contribution >= 0.6 is 0 Å². The number of halogens is 1. The number of hydrogen-bond acceptors (Lipinski definition) is 3. The van der Waals surface area contributed by atoms with Gasteiger partial charge in [0.1, 0.15) is 18.1 Å². The highest BCUT2D eigenvalue weighted by Gasteiger charge is 2.22. The third-order valence-electron chi connectivity index (χ3n) is 5.01. The van der Waals surface area contributed by atoms with Gasteiger partial charge in [0, 0.05) is 19.2 Å². The van der Waals surface area contributed by atoms with E-state index < -0.39 is 0 Å². The Balaban J connectivity index is 1.75. The van der Waals surface area contributed by atoms with Gasteiger partial charge >= 0.3 is 0 Å². The molecule has 33 heavy (non-hydrogen) atoms. The van der Waals surface area contributed by atoms with Gasteiger partial charge in [0.15, 0.2) is 0 Å². The van der Waals surface area contributed by atoms with Crippen molar-refractivity contribution in [2.24, 2.45) is 5.92 Å². The summed E-state index contributed by atoms with van der Waals surface area (Å²) in [4.78, 5) is 29.4. The molecule has 0 bridgehead atoms. The van der Waals surface area contributed by atoms with E-state index in [4.69, 9.17) is 4.42 Å². The molecule has 2 aromatic carbocycles. The first-order valence-electron chi connectivity index (χ1n) is 11.0. The van der Waals surface area contributed by atoms with E-state index in [0.29, 0.717) is 12.3 Å². The van der Waals surface area contributed by atoms with Gasteiger partial charge in [0.2, 0.25) is 11.8 Å². The number of hydrogen-bond donors (Lipinski definition) is 0. The summed E-state index contributed by atoms with van der Waals surface area (Å²) >= 11 is 0. The van der Waals surface area contributed by atoms with Crippen molar-refractivity contribution in [3.05, 3.63) is 102 Å². The highest BCUT2D eigenvalue weighted by molar-refractivity contribution is 5.94. The van der Waals surface area contributed by atoms with E-state index in [9.17, 15) is 14.0 Å². The van der Waals surface area contributed by atoms with Crippen molar-refractivity contribution in [2.45, 2.75) is 26.9 Å². The number of carbonyl (C=O) groups is 2. The van der Waals surface area contributed by atoms with Crippen molar-refractivity contribution in [3.8, 4) is 0 Å². The van der Waals surface area contributed by atoms with Crippen LogP contribution in [0.25, 0.3) is 6.08 Å². The molecule has 0 aliphatic heterocycles. The molecule has 0 aliphatic carbocycles. The van der Waals surface area contributed by atoms with Crippen molar-refractivity contribution in [1.82, 2.24) is 9.80 Å². The van der Waals surface area contributed by atoms with Gasteiger partial charge < -0.3 is 14.2 Å². The Morgan fingerprint density at radius 1 is 0.939 bits per heavy atom. The Kier molecular flexibility index (Phi) is 8.58. The van der Waals surface area contributed by atoms with E-state index in [2.05, 4.69) is 0 Å². The molecule has 5 nitrogen and oxygen atoms in total. The normalized spacial score (nSPS) is 11.2. The fourth-order valence-electron chi connectivity index (χ4n) is 3.41. The van der Waals surface area contributed by atoms with Crippen molar-refractivity contribution < 1.29 is 18.4 Å². The van der Waals surface area contributed by atoms with E-state index in [1.54, 1.807) is 46.4 Å². The molecule has 1 aromatic heterocycles. The number of furan rings is 1. The van der Waals surface area contributed by atoms with Gasteiger partial charge in [0.05, 0.1) is 12.8 Å². The van der Waals surface area contributed by atoms with Crippen LogP contribution in [0.15, 0.2) is 83.5 Å². The van der Waals surface area contributed by atoms with Crippen molar-refractivity contribution in [2.75, 3.05) is 13.1 Å². The van der Waals surface area contributed by atoms with E-state index in [1.807, 2.05) is 44.2 Å². The topological polar surface area (TPSA) is 53.8 Å². The number of rotatable bonds is 10. The first-order chi connectivity index (χ1) is 15.9. The van der Waals surface area contributed by atoms with Crippen molar-refractivity contribution in [3.63, 3.8) is 0 Å². The number of nitrogens with zero attached hydrogens (tertiary/aromatic N) is 2. The van der Waals surface area contributed by atoms with E-state index >= 15 is 0 Å². The van der Waals surface area contributed by atoms with Crippen LogP contribution in [0.2, 0.25) is 0 Å². The molecule has 2 amide bonds. The highest BCUT2D eigenvalue weighted by Crippen LogP contribution is 2.13. The van der Waals surface area contributed by atoms with Crippen molar-refractivity contribution >= 4 is 17.9 Å². The summed E-state index contributed by atoms with van der Waals surface area (Å²) in [7, 11) is 0. The van der Waals surface area contributed by atoms with Crippen LogP contribution in [-0.4, -0.2) is 34.7 Å². The maximum Gasteiger partial charge on any atom is 0.247 e. The third kappa shape index (κ3) is 7.75. The molecule has 3 rings (SSSR count). The number of amides is 2. The fourth-order valence-corrected chi connectivity index (χ4v) is 3.41. The van der Waals surface area contributed by atoms with Crippen LogP contribution in [0.3, 0.4) is 0 Å². The Hall–Kier alpha value is -3.67.